The van der Waals surface area contributed by atoms with E-state index in [2.05, 4.69) is 26.1 Å². The summed E-state index contributed by atoms with van der Waals surface area (Å²) in [5, 5.41) is 12.7. The van der Waals surface area contributed by atoms with Crippen LogP contribution in [0.1, 0.15) is 41.0 Å². The van der Waals surface area contributed by atoms with Crippen molar-refractivity contribution in [3.63, 3.8) is 0 Å². The number of aliphatic hydroxyl groups excluding tert-OH is 1. The SMILES string of the molecule is CCC(C)(C)C(O)NC(C)C. The zero-order valence-electron chi connectivity index (χ0n) is 8.31. The molecule has 0 spiro atoms. The van der Waals surface area contributed by atoms with Crippen LogP contribution in [0.3, 0.4) is 0 Å². The second-order valence-corrected chi connectivity index (χ2v) is 4.07. The first-order valence-electron chi connectivity index (χ1n) is 4.34. The van der Waals surface area contributed by atoms with Crippen molar-refractivity contribution in [1.82, 2.24) is 5.32 Å². The van der Waals surface area contributed by atoms with Crippen LogP contribution in [-0.2, 0) is 0 Å². The topological polar surface area (TPSA) is 32.3 Å². The van der Waals surface area contributed by atoms with Gasteiger partial charge in [0.2, 0.25) is 0 Å². The van der Waals surface area contributed by atoms with E-state index in [1.54, 1.807) is 0 Å². The highest BCUT2D eigenvalue weighted by Crippen LogP contribution is 2.23. The molecule has 2 nitrogen and oxygen atoms in total. The van der Waals surface area contributed by atoms with Crippen molar-refractivity contribution in [3.8, 4) is 0 Å². The summed E-state index contributed by atoms with van der Waals surface area (Å²) in [7, 11) is 0. The van der Waals surface area contributed by atoms with E-state index >= 15 is 0 Å². The summed E-state index contributed by atoms with van der Waals surface area (Å²) in [6, 6.07) is 0.343. The summed E-state index contributed by atoms with van der Waals surface area (Å²) >= 11 is 0. The second kappa shape index (κ2) is 4.07. The molecule has 0 amide bonds. The molecule has 1 unspecified atom stereocenters. The van der Waals surface area contributed by atoms with Gasteiger partial charge in [0.25, 0.3) is 0 Å². The van der Waals surface area contributed by atoms with Crippen molar-refractivity contribution in [2.75, 3.05) is 0 Å². The molecule has 0 aromatic heterocycles. The Morgan fingerprint density at radius 2 is 1.82 bits per heavy atom. The fourth-order valence-corrected chi connectivity index (χ4v) is 0.735. The highest BCUT2D eigenvalue weighted by Gasteiger charge is 2.25. The van der Waals surface area contributed by atoms with Gasteiger partial charge in [0.1, 0.15) is 6.23 Å². The Bertz CT molecular complexity index is 110. The zero-order chi connectivity index (χ0) is 9.07. The predicted molar refractivity (Wildman–Crippen MR) is 48.4 cm³/mol. The summed E-state index contributed by atoms with van der Waals surface area (Å²) in [5.74, 6) is 0. The third-order valence-electron chi connectivity index (χ3n) is 2.14. The molecule has 2 N–H and O–H groups in total. The van der Waals surface area contributed by atoms with Crippen LogP contribution >= 0.6 is 0 Å². The first kappa shape index (κ1) is 10.9. The second-order valence-electron chi connectivity index (χ2n) is 4.07. The summed E-state index contributed by atoms with van der Waals surface area (Å²) in [6.45, 7) is 10.3. The number of hydrogen-bond acceptors (Lipinski definition) is 2. The van der Waals surface area contributed by atoms with E-state index in [-0.39, 0.29) is 5.41 Å². The predicted octanol–water partition coefficient (Wildman–Crippen LogP) is 1.74. The van der Waals surface area contributed by atoms with Crippen LogP contribution in [0.15, 0.2) is 0 Å². The molecule has 0 aliphatic heterocycles. The number of rotatable bonds is 4. The van der Waals surface area contributed by atoms with Crippen molar-refractivity contribution in [1.29, 1.82) is 0 Å². The molecule has 1 atom stereocenters. The molecular formula is C9H21NO. The zero-order valence-corrected chi connectivity index (χ0v) is 8.31. The van der Waals surface area contributed by atoms with Crippen LogP contribution in [0.4, 0.5) is 0 Å². The standard InChI is InChI=1S/C9H21NO/c1-6-9(4,5)8(11)10-7(2)3/h7-8,10-11H,6H2,1-5H3. The molecule has 0 rings (SSSR count). The van der Waals surface area contributed by atoms with Gasteiger partial charge < -0.3 is 5.11 Å². The van der Waals surface area contributed by atoms with E-state index < -0.39 is 6.23 Å². The molecule has 0 aromatic carbocycles. The minimum absolute atomic E-state index is 0.0235. The smallest absolute Gasteiger partial charge is 0.110 e. The van der Waals surface area contributed by atoms with Gasteiger partial charge in [-0.1, -0.05) is 20.8 Å². The maximum atomic E-state index is 9.64. The summed E-state index contributed by atoms with van der Waals surface area (Å²) in [4.78, 5) is 0. The molecule has 2 heteroatoms. The summed E-state index contributed by atoms with van der Waals surface area (Å²) in [6.07, 6.45) is 0.584. The Balaban J connectivity index is 3.90. The molecule has 0 fully saturated rings. The molecule has 0 heterocycles. The fourth-order valence-electron chi connectivity index (χ4n) is 0.735. The number of aliphatic hydroxyl groups is 1. The van der Waals surface area contributed by atoms with E-state index in [4.69, 9.17) is 0 Å². The minimum Gasteiger partial charge on any atom is -0.378 e. The van der Waals surface area contributed by atoms with Gasteiger partial charge in [-0.2, -0.15) is 0 Å². The van der Waals surface area contributed by atoms with E-state index in [0.29, 0.717) is 6.04 Å². The Morgan fingerprint density at radius 3 is 2.09 bits per heavy atom. The average Bonchev–Trinajstić information content (AvgIpc) is 1.86. The van der Waals surface area contributed by atoms with E-state index in [1.165, 1.54) is 0 Å². The van der Waals surface area contributed by atoms with Gasteiger partial charge in [-0.15, -0.1) is 0 Å². The van der Waals surface area contributed by atoms with Crippen molar-refractivity contribution < 1.29 is 5.11 Å². The molecular weight excluding hydrogens is 138 g/mol. The third-order valence-corrected chi connectivity index (χ3v) is 2.14. The Labute approximate surface area is 70.0 Å². The van der Waals surface area contributed by atoms with Gasteiger partial charge in [0.15, 0.2) is 0 Å². The summed E-state index contributed by atoms with van der Waals surface area (Å²) < 4.78 is 0. The van der Waals surface area contributed by atoms with Crippen molar-refractivity contribution in [2.45, 2.75) is 53.3 Å². The van der Waals surface area contributed by atoms with E-state index in [9.17, 15) is 5.11 Å². The highest BCUT2D eigenvalue weighted by molar-refractivity contribution is 4.75. The first-order chi connectivity index (χ1) is 4.90. The van der Waals surface area contributed by atoms with Crippen LogP contribution in [0.2, 0.25) is 0 Å². The van der Waals surface area contributed by atoms with E-state index in [0.717, 1.165) is 6.42 Å². The third kappa shape index (κ3) is 3.73. The monoisotopic (exact) mass is 159 g/mol. The molecule has 0 aromatic rings. The molecule has 0 aliphatic rings. The van der Waals surface area contributed by atoms with Gasteiger partial charge in [-0.3, -0.25) is 5.32 Å². The maximum absolute atomic E-state index is 9.64. The van der Waals surface area contributed by atoms with Crippen LogP contribution in [0.5, 0.6) is 0 Å². The lowest BCUT2D eigenvalue weighted by Gasteiger charge is -2.31. The highest BCUT2D eigenvalue weighted by atomic mass is 16.3. The largest absolute Gasteiger partial charge is 0.378 e. The quantitative estimate of drug-likeness (QED) is 0.612. The van der Waals surface area contributed by atoms with Gasteiger partial charge in [-0.25, -0.2) is 0 Å². The van der Waals surface area contributed by atoms with Gasteiger partial charge in [0, 0.05) is 11.5 Å². The van der Waals surface area contributed by atoms with E-state index in [1.807, 2.05) is 13.8 Å². The molecule has 0 bridgehead atoms. The van der Waals surface area contributed by atoms with Gasteiger partial charge in [-0.05, 0) is 20.3 Å². The number of hydrogen-bond donors (Lipinski definition) is 2. The molecule has 0 radical (unpaired) electrons. The van der Waals surface area contributed by atoms with Crippen molar-refractivity contribution in [3.05, 3.63) is 0 Å². The Hall–Kier alpha value is -0.0800. The van der Waals surface area contributed by atoms with Gasteiger partial charge in [0.05, 0.1) is 0 Å². The van der Waals surface area contributed by atoms with Crippen molar-refractivity contribution in [2.24, 2.45) is 5.41 Å². The summed E-state index contributed by atoms with van der Waals surface area (Å²) in [5.41, 5.74) is -0.0235. The molecule has 0 aliphatic carbocycles. The molecule has 0 saturated heterocycles. The van der Waals surface area contributed by atoms with Crippen LogP contribution in [-0.4, -0.2) is 17.4 Å². The molecule has 11 heavy (non-hydrogen) atoms. The normalized spacial score (nSPS) is 15.5. The van der Waals surface area contributed by atoms with Crippen LogP contribution in [0, 0.1) is 5.41 Å². The first-order valence-corrected chi connectivity index (χ1v) is 4.34. The molecule has 68 valence electrons. The minimum atomic E-state index is -0.396. The number of nitrogens with one attached hydrogen (secondary N) is 1. The van der Waals surface area contributed by atoms with Gasteiger partial charge >= 0.3 is 0 Å². The molecule has 0 saturated carbocycles. The lowest BCUT2D eigenvalue weighted by atomic mass is 9.88. The fraction of sp³-hybridized carbons (Fsp3) is 1.00. The Kier molecular flexibility index (Phi) is 4.04. The van der Waals surface area contributed by atoms with Crippen molar-refractivity contribution >= 4 is 0 Å². The average molecular weight is 159 g/mol. The lowest BCUT2D eigenvalue weighted by molar-refractivity contribution is 0.0129. The maximum Gasteiger partial charge on any atom is 0.110 e. The van der Waals surface area contributed by atoms with Crippen LogP contribution in [0.25, 0.3) is 0 Å². The lowest BCUT2D eigenvalue weighted by Crippen LogP contribution is -2.44. The van der Waals surface area contributed by atoms with Crippen LogP contribution < -0.4 is 5.32 Å². The Morgan fingerprint density at radius 1 is 1.36 bits per heavy atom.